The number of nitrogens with one attached hydrogen (secondary N) is 1. The van der Waals surface area contributed by atoms with Crippen LogP contribution < -0.4 is 10.9 Å². The third-order valence-corrected chi connectivity index (χ3v) is 7.24. The van der Waals surface area contributed by atoms with E-state index in [1.165, 1.54) is 22.0 Å². The van der Waals surface area contributed by atoms with Gasteiger partial charge in [-0.05, 0) is 79.5 Å². The maximum atomic E-state index is 13.6. The van der Waals surface area contributed by atoms with Crippen LogP contribution in [0.1, 0.15) is 61.0 Å². The van der Waals surface area contributed by atoms with Gasteiger partial charge in [0.05, 0.1) is 12.5 Å². The summed E-state index contributed by atoms with van der Waals surface area (Å²) in [5.74, 6) is -1.21. The number of benzene rings is 1. The largest absolute Gasteiger partial charge is 0.481 e. The SMILES string of the molecule is Cc1cccc(C)c1-c1cc([C@H](CC(=O)O)NC(=O)[C@@H](CC(C)C)n2cc(CN(C)C)ccc2=O)cs1. The van der Waals surface area contributed by atoms with Gasteiger partial charge in [-0.1, -0.05) is 38.1 Å². The maximum absolute atomic E-state index is 13.6. The van der Waals surface area contributed by atoms with Crippen molar-refractivity contribution in [3.63, 3.8) is 0 Å². The molecular formula is C29H37N3O4S. The molecule has 3 rings (SSSR count). The molecule has 0 aliphatic heterocycles. The Labute approximate surface area is 222 Å². The smallest absolute Gasteiger partial charge is 0.305 e. The number of aliphatic carboxylic acids is 1. The van der Waals surface area contributed by atoms with Gasteiger partial charge in [0.25, 0.3) is 5.56 Å². The van der Waals surface area contributed by atoms with E-state index in [4.69, 9.17) is 0 Å². The molecule has 0 unspecified atom stereocenters. The van der Waals surface area contributed by atoms with Crippen molar-refractivity contribution in [2.24, 2.45) is 5.92 Å². The molecule has 1 aromatic carbocycles. The Morgan fingerprint density at radius 1 is 1.11 bits per heavy atom. The summed E-state index contributed by atoms with van der Waals surface area (Å²) in [5, 5.41) is 14.5. The average Bonchev–Trinajstić information content (AvgIpc) is 3.27. The minimum atomic E-state index is -1.00. The Kier molecular flexibility index (Phi) is 9.45. The molecule has 8 heteroatoms. The van der Waals surface area contributed by atoms with E-state index in [1.54, 1.807) is 12.3 Å². The van der Waals surface area contributed by atoms with E-state index in [9.17, 15) is 19.5 Å². The molecule has 3 aromatic rings. The molecule has 0 fully saturated rings. The van der Waals surface area contributed by atoms with Crippen LogP contribution in [-0.4, -0.2) is 40.5 Å². The predicted octanol–water partition coefficient (Wildman–Crippen LogP) is 5.17. The number of aromatic nitrogens is 1. The molecule has 0 radical (unpaired) electrons. The summed E-state index contributed by atoms with van der Waals surface area (Å²) in [5.41, 5.74) is 4.81. The minimum absolute atomic E-state index is 0.148. The fourth-order valence-electron chi connectivity index (χ4n) is 4.61. The number of thiophene rings is 1. The van der Waals surface area contributed by atoms with Crippen molar-refractivity contribution in [3.8, 4) is 10.4 Å². The van der Waals surface area contributed by atoms with Crippen LogP contribution in [0.3, 0.4) is 0 Å². The lowest BCUT2D eigenvalue weighted by Crippen LogP contribution is -2.40. The Balaban J connectivity index is 1.95. The number of carboxylic acid groups (broad SMARTS) is 1. The van der Waals surface area contributed by atoms with Crippen molar-refractivity contribution >= 4 is 23.2 Å². The third-order valence-electron chi connectivity index (χ3n) is 6.28. The maximum Gasteiger partial charge on any atom is 0.305 e. The van der Waals surface area contributed by atoms with Gasteiger partial charge < -0.3 is 19.9 Å². The van der Waals surface area contributed by atoms with Crippen LogP contribution in [0.4, 0.5) is 0 Å². The number of pyridine rings is 1. The van der Waals surface area contributed by atoms with Gasteiger partial charge in [0.15, 0.2) is 0 Å². The molecule has 2 heterocycles. The Hall–Kier alpha value is -3.23. The van der Waals surface area contributed by atoms with Crippen molar-refractivity contribution in [3.05, 3.63) is 80.6 Å². The van der Waals surface area contributed by atoms with Gasteiger partial charge in [-0.25, -0.2) is 0 Å². The van der Waals surface area contributed by atoms with Gasteiger partial charge in [0.1, 0.15) is 6.04 Å². The summed E-state index contributed by atoms with van der Waals surface area (Å²) in [6.45, 7) is 8.74. The summed E-state index contributed by atoms with van der Waals surface area (Å²) < 4.78 is 1.49. The molecule has 0 aliphatic rings. The summed E-state index contributed by atoms with van der Waals surface area (Å²) >= 11 is 1.53. The fourth-order valence-corrected chi connectivity index (χ4v) is 5.75. The van der Waals surface area contributed by atoms with Crippen molar-refractivity contribution in [1.82, 2.24) is 14.8 Å². The van der Waals surface area contributed by atoms with Crippen molar-refractivity contribution < 1.29 is 14.7 Å². The summed E-state index contributed by atoms with van der Waals surface area (Å²) in [6.07, 6.45) is 1.94. The topological polar surface area (TPSA) is 91.6 Å². The standard InChI is InChI=1S/C29H37N3O4S/c1-18(2)12-24(32-16-21(15-31(5)6)10-11-26(32)33)29(36)30-23(14-27(34)35)22-13-25(37-17-22)28-19(3)8-7-9-20(28)4/h7-11,13,16-18,23-24H,12,14-15H2,1-6H3,(H,30,36)(H,34,35)/t23-,24+/m0/s1. The number of hydrogen-bond donors (Lipinski definition) is 2. The van der Waals surface area contributed by atoms with Crippen LogP contribution in [0, 0.1) is 19.8 Å². The molecule has 2 atom stereocenters. The van der Waals surface area contributed by atoms with Crippen molar-refractivity contribution in [2.45, 2.75) is 59.2 Å². The van der Waals surface area contributed by atoms with Gasteiger partial charge in [0.2, 0.25) is 5.91 Å². The molecule has 198 valence electrons. The van der Waals surface area contributed by atoms with Gasteiger partial charge in [-0.15, -0.1) is 11.3 Å². The quantitative estimate of drug-likeness (QED) is 0.362. The molecule has 0 bridgehead atoms. The lowest BCUT2D eigenvalue weighted by atomic mass is 9.98. The summed E-state index contributed by atoms with van der Waals surface area (Å²) in [4.78, 5) is 41.2. The highest BCUT2D eigenvalue weighted by atomic mass is 32.1. The summed E-state index contributed by atoms with van der Waals surface area (Å²) in [7, 11) is 3.88. The van der Waals surface area contributed by atoms with Gasteiger partial charge >= 0.3 is 5.97 Å². The van der Waals surface area contributed by atoms with E-state index < -0.39 is 18.1 Å². The molecule has 1 amide bonds. The number of carbonyl (C=O) groups is 2. The number of carboxylic acids is 1. The van der Waals surface area contributed by atoms with E-state index >= 15 is 0 Å². The van der Waals surface area contributed by atoms with Crippen molar-refractivity contribution in [1.29, 1.82) is 0 Å². The molecule has 0 spiro atoms. The Bertz CT molecular complexity index is 1290. The first-order valence-corrected chi connectivity index (χ1v) is 13.4. The van der Waals surface area contributed by atoms with Crippen molar-refractivity contribution in [2.75, 3.05) is 14.1 Å². The number of hydrogen-bond acceptors (Lipinski definition) is 5. The third kappa shape index (κ3) is 7.40. The number of amides is 1. The molecule has 0 saturated carbocycles. The van der Waals surface area contributed by atoms with Crippen LogP contribution in [0.25, 0.3) is 10.4 Å². The zero-order valence-electron chi connectivity index (χ0n) is 22.4. The Morgan fingerprint density at radius 2 is 1.78 bits per heavy atom. The highest BCUT2D eigenvalue weighted by Gasteiger charge is 2.27. The van der Waals surface area contributed by atoms with Crippen LogP contribution >= 0.6 is 11.3 Å². The second-order valence-corrected chi connectivity index (χ2v) is 11.2. The number of nitrogens with zero attached hydrogens (tertiary/aromatic N) is 2. The monoisotopic (exact) mass is 523 g/mol. The number of aryl methyl sites for hydroxylation is 2. The minimum Gasteiger partial charge on any atom is -0.481 e. The molecule has 2 aromatic heterocycles. The lowest BCUT2D eigenvalue weighted by Gasteiger charge is -2.25. The first kappa shape index (κ1) is 28.3. The molecule has 2 N–H and O–H groups in total. The number of carbonyl (C=O) groups excluding carboxylic acids is 1. The van der Waals surface area contributed by atoms with Gasteiger partial charge in [-0.2, -0.15) is 0 Å². The average molecular weight is 524 g/mol. The zero-order valence-corrected chi connectivity index (χ0v) is 23.3. The molecular weight excluding hydrogens is 486 g/mol. The van der Waals surface area contributed by atoms with E-state index in [-0.39, 0.29) is 23.8 Å². The lowest BCUT2D eigenvalue weighted by molar-refractivity contribution is -0.138. The zero-order chi connectivity index (χ0) is 27.3. The van der Waals surface area contributed by atoms with Gasteiger partial charge in [0, 0.05) is 23.7 Å². The first-order valence-electron chi connectivity index (χ1n) is 12.5. The molecule has 37 heavy (non-hydrogen) atoms. The summed E-state index contributed by atoms with van der Waals surface area (Å²) in [6, 6.07) is 9.89. The van der Waals surface area contributed by atoms with Crippen LogP contribution in [0.15, 0.2) is 52.8 Å². The second kappa shape index (κ2) is 12.3. The fraction of sp³-hybridized carbons (Fsp3) is 0.414. The normalized spacial score (nSPS) is 13.1. The number of rotatable bonds is 11. The highest BCUT2D eigenvalue weighted by molar-refractivity contribution is 7.13. The highest BCUT2D eigenvalue weighted by Crippen LogP contribution is 2.35. The van der Waals surface area contributed by atoms with E-state index in [0.717, 1.165) is 32.7 Å². The van der Waals surface area contributed by atoms with Crippen LogP contribution in [0.2, 0.25) is 0 Å². The first-order chi connectivity index (χ1) is 17.5. The van der Waals surface area contributed by atoms with Gasteiger partial charge in [-0.3, -0.25) is 14.4 Å². The van der Waals surface area contributed by atoms with E-state index in [2.05, 4.69) is 31.3 Å². The predicted molar refractivity (Wildman–Crippen MR) is 149 cm³/mol. The Morgan fingerprint density at radius 3 is 2.38 bits per heavy atom. The van der Waals surface area contributed by atoms with Crippen LogP contribution in [-0.2, 0) is 16.1 Å². The molecule has 0 aliphatic carbocycles. The molecule has 0 saturated heterocycles. The van der Waals surface area contributed by atoms with E-state index in [1.807, 2.05) is 50.4 Å². The molecule has 7 nitrogen and oxygen atoms in total. The van der Waals surface area contributed by atoms with E-state index in [0.29, 0.717) is 13.0 Å². The second-order valence-electron chi connectivity index (χ2n) is 10.3. The van der Waals surface area contributed by atoms with Crippen LogP contribution in [0.5, 0.6) is 0 Å².